The lowest BCUT2D eigenvalue weighted by atomic mass is 10.2. The number of pyridine rings is 1. The van der Waals surface area contributed by atoms with Crippen LogP contribution in [0.1, 0.15) is 23.7 Å². The lowest BCUT2D eigenvalue weighted by molar-refractivity contribution is -0.384. The van der Waals surface area contributed by atoms with Gasteiger partial charge in [0.05, 0.1) is 17.1 Å². The lowest BCUT2D eigenvalue weighted by Crippen LogP contribution is -2.31. The van der Waals surface area contributed by atoms with Gasteiger partial charge in [-0.2, -0.15) is 0 Å². The number of nitrogens with zero attached hydrogens (tertiary/aromatic N) is 4. The Bertz CT molecular complexity index is 860. The van der Waals surface area contributed by atoms with Crippen molar-refractivity contribution in [1.29, 1.82) is 0 Å². The van der Waals surface area contributed by atoms with Gasteiger partial charge in [-0.15, -0.1) is 0 Å². The van der Waals surface area contributed by atoms with Gasteiger partial charge in [-0.25, -0.2) is 9.78 Å². The van der Waals surface area contributed by atoms with Crippen molar-refractivity contribution in [2.45, 2.75) is 13.3 Å². The molecule has 0 spiro atoms. The Morgan fingerprint density at radius 2 is 1.96 bits per heavy atom. The Hall–Kier alpha value is -2.68. The number of halogens is 1. The number of hydrogen-bond acceptors (Lipinski definition) is 7. The monoisotopic (exact) mass is 448 g/mol. The van der Waals surface area contributed by atoms with E-state index >= 15 is 0 Å². The summed E-state index contributed by atoms with van der Waals surface area (Å²) in [6, 6.07) is 8.66. The number of nitro benzene ring substituents is 1. The lowest BCUT2D eigenvalue weighted by Gasteiger charge is -2.24. The normalized spacial score (nSPS) is 14.5. The molecule has 2 aromatic rings. The summed E-state index contributed by atoms with van der Waals surface area (Å²) in [4.78, 5) is 31.4. The quantitative estimate of drug-likeness (QED) is 0.391. The fraction of sp³-hybridized carbons (Fsp3) is 0.368. The van der Waals surface area contributed by atoms with Gasteiger partial charge in [0.2, 0.25) is 0 Å². The number of carbonyl (C=O) groups excluding carboxylic acids is 1. The standard InChI is InChI=1S/C19H21BrN4O4/c1-2-28-19(25)14-4-7-18(21-13-14)23-9-3-8-22(10-11-23)16-6-5-15(20)12-17(16)24(26)27/h4-7,12-13H,2-3,8-11H2,1H3. The van der Waals surface area contributed by atoms with Crippen molar-refractivity contribution in [3.8, 4) is 0 Å². The highest BCUT2D eigenvalue weighted by Gasteiger charge is 2.23. The minimum Gasteiger partial charge on any atom is -0.462 e. The number of carbonyl (C=O) groups is 1. The van der Waals surface area contributed by atoms with Crippen LogP contribution in [0.15, 0.2) is 41.0 Å². The molecule has 1 aliphatic rings. The molecule has 8 nitrogen and oxygen atoms in total. The van der Waals surface area contributed by atoms with Crippen LogP contribution >= 0.6 is 15.9 Å². The second-order valence-electron chi connectivity index (χ2n) is 6.34. The first-order valence-electron chi connectivity index (χ1n) is 9.06. The highest BCUT2D eigenvalue weighted by atomic mass is 79.9. The molecule has 3 rings (SSSR count). The highest BCUT2D eigenvalue weighted by molar-refractivity contribution is 9.10. The molecular weight excluding hydrogens is 428 g/mol. The van der Waals surface area contributed by atoms with E-state index in [0.717, 1.165) is 25.3 Å². The number of aromatic nitrogens is 1. The maximum Gasteiger partial charge on any atom is 0.339 e. The summed E-state index contributed by atoms with van der Waals surface area (Å²) >= 11 is 3.30. The molecule has 0 aliphatic carbocycles. The van der Waals surface area contributed by atoms with E-state index in [-0.39, 0.29) is 16.6 Å². The first-order valence-corrected chi connectivity index (χ1v) is 9.86. The summed E-state index contributed by atoms with van der Waals surface area (Å²) in [5.74, 6) is 0.395. The van der Waals surface area contributed by atoms with Crippen molar-refractivity contribution in [1.82, 2.24) is 4.98 Å². The fourth-order valence-electron chi connectivity index (χ4n) is 3.21. The van der Waals surface area contributed by atoms with E-state index < -0.39 is 0 Å². The van der Waals surface area contributed by atoms with Crippen molar-refractivity contribution >= 4 is 39.1 Å². The molecule has 0 unspecified atom stereocenters. The first kappa shape index (κ1) is 20.1. The summed E-state index contributed by atoms with van der Waals surface area (Å²) in [5, 5.41) is 11.4. The fourth-order valence-corrected chi connectivity index (χ4v) is 3.55. The molecule has 0 radical (unpaired) electrons. The maximum absolute atomic E-state index is 11.8. The Kier molecular flexibility index (Phi) is 6.45. The molecule has 1 aromatic carbocycles. The van der Waals surface area contributed by atoms with Gasteiger partial charge in [0.25, 0.3) is 5.69 Å². The van der Waals surface area contributed by atoms with E-state index in [1.165, 1.54) is 12.3 Å². The number of ether oxygens (including phenoxy) is 1. The van der Waals surface area contributed by atoms with Crippen molar-refractivity contribution in [3.05, 3.63) is 56.7 Å². The Morgan fingerprint density at radius 1 is 1.21 bits per heavy atom. The summed E-state index contributed by atoms with van der Waals surface area (Å²) in [6.07, 6.45) is 2.37. The summed E-state index contributed by atoms with van der Waals surface area (Å²) < 4.78 is 5.66. The molecule has 9 heteroatoms. The zero-order valence-corrected chi connectivity index (χ0v) is 17.1. The Morgan fingerprint density at radius 3 is 2.64 bits per heavy atom. The Labute approximate surface area is 171 Å². The average Bonchev–Trinajstić information content (AvgIpc) is 2.94. The number of esters is 1. The molecule has 0 amide bonds. The van der Waals surface area contributed by atoms with Crippen LogP contribution in [0.5, 0.6) is 0 Å². The van der Waals surface area contributed by atoms with Crippen molar-refractivity contribution in [2.24, 2.45) is 0 Å². The SMILES string of the molecule is CCOC(=O)c1ccc(N2CCCN(c3ccc(Br)cc3[N+](=O)[O-])CC2)nc1. The number of rotatable bonds is 5. The maximum atomic E-state index is 11.8. The van der Waals surface area contributed by atoms with Gasteiger partial charge < -0.3 is 14.5 Å². The van der Waals surface area contributed by atoms with E-state index in [1.807, 2.05) is 17.0 Å². The van der Waals surface area contributed by atoms with Crippen LogP contribution in [0, 0.1) is 10.1 Å². The van der Waals surface area contributed by atoms with Crippen LogP contribution in [0.25, 0.3) is 0 Å². The zero-order chi connectivity index (χ0) is 20.1. The van der Waals surface area contributed by atoms with Gasteiger partial charge in [-0.3, -0.25) is 10.1 Å². The molecule has 0 bridgehead atoms. The van der Waals surface area contributed by atoms with Crippen LogP contribution in [0.2, 0.25) is 0 Å². The van der Waals surface area contributed by atoms with Crippen molar-refractivity contribution in [2.75, 3.05) is 42.6 Å². The number of anilines is 2. The molecule has 0 N–H and O–H groups in total. The third kappa shape index (κ3) is 4.59. The van der Waals surface area contributed by atoms with Crippen LogP contribution < -0.4 is 9.80 Å². The predicted octanol–water partition coefficient (Wildman–Crippen LogP) is 3.65. The third-order valence-electron chi connectivity index (χ3n) is 4.55. The van der Waals surface area contributed by atoms with E-state index in [0.29, 0.717) is 35.4 Å². The van der Waals surface area contributed by atoms with Gasteiger partial charge in [0.1, 0.15) is 11.5 Å². The van der Waals surface area contributed by atoms with Gasteiger partial charge in [0.15, 0.2) is 0 Å². The minimum atomic E-state index is -0.383. The molecule has 2 heterocycles. The van der Waals surface area contributed by atoms with Crippen molar-refractivity contribution in [3.63, 3.8) is 0 Å². The minimum absolute atomic E-state index is 0.0970. The zero-order valence-electron chi connectivity index (χ0n) is 15.5. The third-order valence-corrected chi connectivity index (χ3v) is 5.05. The van der Waals surface area contributed by atoms with Crippen LogP contribution in [0.3, 0.4) is 0 Å². The molecule has 0 saturated carbocycles. The van der Waals surface area contributed by atoms with E-state index in [4.69, 9.17) is 4.74 Å². The molecule has 1 aliphatic heterocycles. The molecule has 28 heavy (non-hydrogen) atoms. The molecule has 0 atom stereocenters. The smallest absolute Gasteiger partial charge is 0.339 e. The van der Waals surface area contributed by atoms with Crippen LogP contribution in [-0.2, 0) is 4.74 Å². The van der Waals surface area contributed by atoms with E-state index in [2.05, 4.69) is 25.8 Å². The largest absolute Gasteiger partial charge is 0.462 e. The number of benzene rings is 1. The molecular formula is C19H21BrN4O4. The second kappa shape index (κ2) is 9.01. The Balaban J connectivity index is 1.72. The van der Waals surface area contributed by atoms with Gasteiger partial charge in [-0.1, -0.05) is 15.9 Å². The average molecular weight is 449 g/mol. The topological polar surface area (TPSA) is 88.8 Å². The highest BCUT2D eigenvalue weighted by Crippen LogP contribution is 2.32. The number of hydrogen-bond donors (Lipinski definition) is 0. The van der Waals surface area contributed by atoms with Gasteiger partial charge in [-0.05, 0) is 37.6 Å². The first-order chi connectivity index (χ1) is 13.5. The summed E-state index contributed by atoms with van der Waals surface area (Å²) in [5.41, 5.74) is 1.15. The van der Waals surface area contributed by atoms with Crippen LogP contribution in [0.4, 0.5) is 17.2 Å². The molecule has 148 valence electrons. The predicted molar refractivity (Wildman–Crippen MR) is 110 cm³/mol. The number of nitro groups is 1. The van der Waals surface area contributed by atoms with Crippen molar-refractivity contribution < 1.29 is 14.5 Å². The molecule has 1 saturated heterocycles. The van der Waals surface area contributed by atoms with Crippen LogP contribution in [-0.4, -0.2) is 48.7 Å². The van der Waals surface area contributed by atoms with Gasteiger partial charge in [0, 0.05) is 42.9 Å². The second-order valence-corrected chi connectivity index (χ2v) is 7.26. The van der Waals surface area contributed by atoms with Gasteiger partial charge >= 0.3 is 5.97 Å². The summed E-state index contributed by atoms with van der Waals surface area (Å²) in [7, 11) is 0. The van der Waals surface area contributed by atoms with E-state index in [9.17, 15) is 14.9 Å². The molecule has 1 fully saturated rings. The summed E-state index contributed by atoms with van der Waals surface area (Å²) in [6.45, 7) is 4.92. The molecule has 1 aromatic heterocycles. The van der Waals surface area contributed by atoms with E-state index in [1.54, 1.807) is 19.1 Å².